The molecule has 0 saturated heterocycles. The maximum absolute atomic E-state index is 3.55. The molecule has 0 bridgehead atoms. The van der Waals surface area contributed by atoms with Crippen molar-refractivity contribution in [3.05, 3.63) is 36.0 Å². The van der Waals surface area contributed by atoms with Crippen molar-refractivity contribution in [1.82, 2.24) is 9.88 Å². The van der Waals surface area contributed by atoms with E-state index in [4.69, 9.17) is 0 Å². The summed E-state index contributed by atoms with van der Waals surface area (Å²) in [5, 5.41) is 4.90. The van der Waals surface area contributed by atoms with Crippen molar-refractivity contribution in [2.75, 3.05) is 0 Å². The van der Waals surface area contributed by atoms with Crippen molar-refractivity contribution in [2.24, 2.45) is 7.05 Å². The summed E-state index contributed by atoms with van der Waals surface area (Å²) in [5.41, 5.74) is 2.68. The minimum Gasteiger partial charge on any atom is -0.350 e. The molecule has 2 nitrogen and oxygen atoms in total. The third-order valence-corrected chi connectivity index (χ3v) is 2.98. The number of nitrogens with one attached hydrogen (secondary N) is 1. The van der Waals surface area contributed by atoms with Crippen LogP contribution in [0.15, 0.2) is 30.5 Å². The highest BCUT2D eigenvalue weighted by molar-refractivity contribution is 5.84. The predicted octanol–water partition coefficient (Wildman–Crippen LogP) is 3.24. The van der Waals surface area contributed by atoms with E-state index in [0.717, 1.165) is 0 Å². The van der Waals surface area contributed by atoms with E-state index in [2.05, 4.69) is 68.2 Å². The summed E-state index contributed by atoms with van der Waals surface area (Å²) in [6, 6.07) is 9.46. The Bertz CT molecular complexity index is 482. The molecule has 1 heterocycles. The fourth-order valence-corrected chi connectivity index (χ4v) is 2.31. The van der Waals surface area contributed by atoms with E-state index >= 15 is 0 Å². The van der Waals surface area contributed by atoms with Crippen LogP contribution in [0.5, 0.6) is 0 Å². The average molecular weight is 216 g/mol. The van der Waals surface area contributed by atoms with Gasteiger partial charge in [0.2, 0.25) is 0 Å². The van der Waals surface area contributed by atoms with Crippen LogP contribution >= 0.6 is 0 Å². The molecule has 0 amide bonds. The van der Waals surface area contributed by atoms with Crippen LogP contribution in [0.4, 0.5) is 0 Å². The van der Waals surface area contributed by atoms with Crippen molar-refractivity contribution in [1.29, 1.82) is 0 Å². The van der Waals surface area contributed by atoms with Crippen LogP contribution < -0.4 is 5.32 Å². The molecular weight excluding hydrogens is 196 g/mol. The number of nitrogens with zero attached hydrogens (tertiary/aromatic N) is 1. The highest BCUT2D eigenvalue weighted by Gasteiger charge is 2.12. The number of hydrogen-bond donors (Lipinski definition) is 1. The van der Waals surface area contributed by atoms with Gasteiger partial charge in [0.05, 0.1) is 0 Å². The van der Waals surface area contributed by atoms with Crippen LogP contribution in [-0.4, -0.2) is 10.6 Å². The molecule has 1 aromatic carbocycles. The third-order valence-electron chi connectivity index (χ3n) is 2.98. The van der Waals surface area contributed by atoms with E-state index in [-0.39, 0.29) is 0 Å². The summed E-state index contributed by atoms with van der Waals surface area (Å²) in [7, 11) is 2.11. The third kappa shape index (κ3) is 1.98. The number of benzene rings is 1. The molecule has 0 saturated carbocycles. The number of aromatic nitrogens is 1. The SMILES string of the molecule is CC(C)NC(C)c1cn(C)c2ccccc12. The largest absolute Gasteiger partial charge is 0.350 e. The van der Waals surface area contributed by atoms with Gasteiger partial charge >= 0.3 is 0 Å². The van der Waals surface area contributed by atoms with E-state index in [1.54, 1.807) is 0 Å². The van der Waals surface area contributed by atoms with Gasteiger partial charge in [0, 0.05) is 36.2 Å². The topological polar surface area (TPSA) is 17.0 Å². The average Bonchev–Trinajstić information content (AvgIpc) is 2.56. The first-order chi connectivity index (χ1) is 7.59. The van der Waals surface area contributed by atoms with Gasteiger partial charge in [-0.15, -0.1) is 0 Å². The Morgan fingerprint density at radius 1 is 1.12 bits per heavy atom. The van der Waals surface area contributed by atoms with Crippen LogP contribution in [-0.2, 0) is 7.05 Å². The van der Waals surface area contributed by atoms with Gasteiger partial charge in [-0.05, 0) is 18.6 Å². The molecule has 0 aliphatic heterocycles. The summed E-state index contributed by atoms with van der Waals surface area (Å²) in [5.74, 6) is 0. The first-order valence-electron chi connectivity index (χ1n) is 5.89. The van der Waals surface area contributed by atoms with Crippen molar-refractivity contribution in [2.45, 2.75) is 32.9 Å². The van der Waals surface area contributed by atoms with Crippen molar-refractivity contribution < 1.29 is 0 Å². The number of aryl methyl sites for hydroxylation is 1. The Morgan fingerprint density at radius 3 is 2.50 bits per heavy atom. The van der Waals surface area contributed by atoms with Gasteiger partial charge in [0.1, 0.15) is 0 Å². The van der Waals surface area contributed by atoms with Gasteiger partial charge in [0.15, 0.2) is 0 Å². The second-order valence-corrected chi connectivity index (χ2v) is 4.76. The first kappa shape index (κ1) is 11.2. The molecule has 0 fully saturated rings. The molecule has 0 radical (unpaired) electrons. The lowest BCUT2D eigenvalue weighted by molar-refractivity contribution is 0.508. The molecule has 0 aliphatic carbocycles. The number of fused-ring (bicyclic) bond motifs is 1. The summed E-state index contributed by atoms with van der Waals surface area (Å²) in [4.78, 5) is 0. The molecule has 1 atom stereocenters. The monoisotopic (exact) mass is 216 g/mol. The molecule has 1 aromatic heterocycles. The quantitative estimate of drug-likeness (QED) is 0.833. The van der Waals surface area contributed by atoms with Crippen molar-refractivity contribution in [3.63, 3.8) is 0 Å². The number of hydrogen-bond acceptors (Lipinski definition) is 1. The number of rotatable bonds is 3. The Labute approximate surface area is 97.3 Å². The van der Waals surface area contributed by atoms with Crippen LogP contribution in [0.25, 0.3) is 10.9 Å². The van der Waals surface area contributed by atoms with E-state index in [1.165, 1.54) is 16.5 Å². The number of para-hydroxylation sites is 1. The van der Waals surface area contributed by atoms with E-state index in [9.17, 15) is 0 Å². The second kappa shape index (κ2) is 4.30. The Kier molecular flexibility index (Phi) is 3.01. The van der Waals surface area contributed by atoms with Crippen molar-refractivity contribution in [3.8, 4) is 0 Å². The minimum absolute atomic E-state index is 0.395. The van der Waals surface area contributed by atoms with Crippen LogP contribution in [0.3, 0.4) is 0 Å². The van der Waals surface area contributed by atoms with Gasteiger partial charge in [-0.1, -0.05) is 32.0 Å². The molecule has 86 valence electrons. The van der Waals surface area contributed by atoms with E-state index in [0.29, 0.717) is 12.1 Å². The summed E-state index contributed by atoms with van der Waals surface area (Å²) in [6.45, 7) is 6.59. The summed E-state index contributed by atoms with van der Waals surface area (Å²) < 4.78 is 2.20. The molecule has 1 unspecified atom stereocenters. The molecule has 2 heteroatoms. The maximum atomic E-state index is 3.55. The molecule has 1 N–H and O–H groups in total. The fourth-order valence-electron chi connectivity index (χ4n) is 2.31. The molecule has 2 aromatic rings. The van der Waals surface area contributed by atoms with Gasteiger partial charge in [-0.25, -0.2) is 0 Å². The molecule has 0 aliphatic rings. The second-order valence-electron chi connectivity index (χ2n) is 4.76. The lowest BCUT2D eigenvalue weighted by Crippen LogP contribution is -2.25. The van der Waals surface area contributed by atoms with Gasteiger partial charge in [0.25, 0.3) is 0 Å². The van der Waals surface area contributed by atoms with Gasteiger partial charge in [-0.3, -0.25) is 0 Å². The predicted molar refractivity (Wildman–Crippen MR) is 69.6 cm³/mol. The lowest BCUT2D eigenvalue weighted by Gasteiger charge is -2.16. The van der Waals surface area contributed by atoms with Gasteiger partial charge < -0.3 is 9.88 Å². The Hall–Kier alpha value is -1.28. The first-order valence-corrected chi connectivity index (χ1v) is 5.89. The maximum Gasteiger partial charge on any atom is 0.0481 e. The highest BCUT2D eigenvalue weighted by atomic mass is 15.0. The standard InChI is InChI=1S/C14H20N2/c1-10(2)15-11(3)13-9-16(4)14-8-6-5-7-12(13)14/h5-11,15H,1-4H3. The fraction of sp³-hybridized carbons (Fsp3) is 0.429. The lowest BCUT2D eigenvalue weighted by atomic mass is 10.1. The zero-order valence-electron chi connectivity index (χ0n) is 10.5. The normalized spacial score (nSPS) is 13.6. The molecule has 16 heavy (non-hydrogen) atoms. The zero-order valence-corrected chi connectivity index (χ0v) is 10.5. The zero-order chi connectivity index (χ0) is 11.7. The van der Waals surface area contributed by atoms with Gasteiger partial charge in [-0.2, -0.15) is 0 Å². The Morgan fingerprint density at radius 2 is 1.81 bits per heavy atom. The molecular formula is C14H20N2. The smallest absolute Gasteiger partial charge is 0.0481 e. The summed E-state index contributed by atoms with van der Waals surface area (Å²) in [6.07, 6.45) is 2.23. The van der Waals surface area contributed by atoms with E-state index in [1.807, 2.05) is 0 Å². The Balaban J connectivity index is 2.44. The van der Waals surface area contributed by atoms with Crippen LogP contribution in [0.1, 0.15) is 32.4 Å². The van der Waals surface area contributed by atoms with Crippen molar-refractivity contribution >= 4 is 10.9 Å². The minimum atomic E-state index is 0.395. The van der Waals surface area contributed by atoms with Crippen LogP contribution in [0, 0.1) is 0 Å². The molecule has 0 spiro atoms. The van der Waals surface area contributed by atoms with Crippen LogP contribution in [0.2, 0.25) is 0 Å². The highest BCUT2D eigenvalue weighted by Crippen LogP contribution is 2.25. The van der Waals surface area contributed by atoms with E-state index < -0.39 is 0 Å². The summed E-state index contributed by atoms with van der Waals surface area (Å²) >= 11 is 0. The molecule has 2 rings (SSSR count).